The van der Waals surface area contributed by atoms with Crippen LogP contribution in [0, 0.1) is 0 Å². The summed E-state index contributed by atoms with van der Waals surface area (Å²) in [5, 5.41) is 0.547. The van der Waals surface area contributed by atoms with Crippen molar-refractivity contribution in [3.63, 3.8) is 0 Å². The average molecular weight is 228 g/mol. The van der Waals surface area contributed by atoms with E-state index in [0.29, 0.717) is 23.4 Å². The van der Waals surface area contributed by atoms with Crippen LogP contribution in [0.15, 0.2) is 22.8 Å². The molecule has 0 aliphatic rings. The third kappa shape index (κ3) is 2.27. The Labute approximate surface area is 90.5 Å². The summed E-state index contributed by atoms with van der Waals surface area (Å²) in [5.74, 6) is 1.99. The average Bonchev–Trinajstić information content (AvgIpc) is 2.86. The molecule has 74 valence electrons. The van der Waals surface area contributed by atoms with Crippen LogP contribution in [0.2, 0.25) is 0 Å². The van der Waals surface area contributed by atoms with Crippen LogP contribution in [-0.4, -0.2) is 9.36 Å². The van der Waals surface area contributed by atoms with Gasteiger partial charge in [-0.25, -0.2) is 0 Å². The third-order valence-electron chi connectivity index (χ3n) is 1.51. The molecule has 0 atom stereocenters. The van der Waals surface area contributed by atoms with E-state index in [1.54, 1.807) is 6.26 Å². The minimum Gasteiger partial charge on any atom is -0.466 e. The lowest BCUT2D eigenvalue weighted by Crippen LogP contribution is -1.93. The first kappa shape index (κ1) is 9.54. The second kappa shape index (κ2) is 4.47. The Hall–Kier alpha value is -1.01. The van der Waals surface area contributed by atoms with Crippen LogP contribution < -0.4 is 4.74 Å². The summed E-state index contributed by atoms with van der Waals surface area (Å²) in [6.45, 7) is 0.383. The van der Waals surface area contributed by atoms with Gasteiger partial charge in [-0.3, -0.25) is 0 Å². The molecule has 0 N–H and O–H groups in total. The van der Waals surface area contributed by atoms with Crippen molar-refractivity contribution in [1.29, 1.82) is 0 Å². The van der Waals surface area contributed by atoms with E-state index in [9.17, 15) is 0 Å². The van der Waals surface area contributed by atoms with Crippen LogP contribution in [0.4, 0.5) is 0 Å². The van der Waals surface area contributed by atoms with Gasteiger partial charge in [0.1, 0.15) is 12.4 Å². The van der Waals surface area contributed by atoms with Gasteiger partial charge in [0.25, 0.3) is 5.19 Å². The van der Waals surface area contributed by atoms with Gasteiger partial charge in [0.2, 0.25) is 0 Å². The minimum atomic E-state index is 0.383. The van der Waals surface area contributed by atoms with Gasteiger partial charge in [-0.05, 0) is 12.1 Å². The zero-order valence-electron chi connectivity index (χ0n) is 7.21. The molecule has 0 unspecified atom stereocenters. The third-order valence-corrected chi connectivity index (χ3v) is 2.46. The van der Waals surface area contributed by atoms with Gasteiger partial charge in [-0.15, -0.1) is 0 Å². The van der Waals surface area contributed by atoms with Crippen molar-refractivity contribution in [1.82, 2.24) is 9.36 Å². The lowest BCUT2D eigenvalue weighted by atomic mass is 10.5. The van der Waals surface area contributed by atoms with Gasteiger partial charge < -0.3 is 9.15 Å². The highest BCUT2D eigenvalue weighted by atomic mass is 32.1. The molecule has 14 heavy (non-hydrogen) atoms. The Kier molecular flexibility index (Phi) is 3.05. The summed E-state index contributed by atoms with van der Waals surface area (Å²) in [7, 11) is 0. The number of furan rings is 1. The van der Waals surface area contributed by atoms with Gasteiger partial charge in [0, 0.05) is 11.5 Å². The normalized spacial score (nSPS) is 10.4. The maximum atomic E-state index is 5.35. The van der Waals surface area contributed by atoms with Crippen LogP contribution in [-0.2, 0) is 12.4 Å². The van der Waals surface area contributed by atoms with E-state index in [1.165, 1.54) is 11.5 Å². The summed E-state index contributed by atoms with van der Waals surface area (Å²) >= 11 is 5.28. The van der Waals surface area contributed by atoms with Gasteiger partial charge >= 0.3 is 0 Å². The topological polar surface area (TPSA) is 48.2 Å². The molecule has 0 amide bonds. The number of rotatable bonds is 4. The monoisotopic (exact) mass is 228 g/mol. The van der Waals surface area contributed by atoms with Gasteiger partial charge in [-0.2, -0.15) is 22.0 Å². The second-order valence-electron chi connectivity index (χ2n) is 2.50. The van der Waals surface area contributed by atoms with Crippen molar-refractivity contribution in [2.45, 2.75) is 12.4 Å². The van der Waals surface area contributed by atoms with E-state index >= 15 is 0 Å². The fourth-order valence-electron chi connectivity index (χ4n) is 0.888. The van der Waals surface area contributed by atoms with Crippen molar-refractivity contribution < 1.29 is 9.15 Å². The Morgan fingerprint density at radius 1 is 1.57 bits per heavy atom. The molecule has 0 aromatic carbocycles. The first-order valence-electron chi connectivity index (χ1n) is 3.97. The van der Waals surface area contributed by atoms with Crippen LogP contribution in [0.5, 0.6) is 5.19 Å². The van der Waals surface area contributed by atoms with Crippen molar-refractivity contribution in [3.05, 3.63) is 30.0 Å². The summed E-state index contributed by atoms with van der Waals surface area (Å²) in [4.78, 5) is 4.10. The fraction of sp³-hybridized carbons (Fsp3) is 0.250. The lowest BCUT2D eigenvalue weighted by Gasteiger charge is -1.96. The number of nitrogens with zero attached hydrogens (tertiary/aromatic N) is 2. The summed E-state index contributed by atoms with van der Waals surface area (Å²) in [6, 6.07) is 3.67. The van der Waals surface area contributed by atoms with Crippen LogP contribution >= 0.6 is 24.2 Å². The van der Waals surface area contributed by atoms with E-state index in [1.807, 2.05) is 12.1 Å². The zero-order valence-corrected chi connectivity index (χ0v) is 8.92. The second-order valence-corrected chi connectivity index (χ2v) is 3.53. The first-order chi connectivity index (χ1) is 6.88. The highest BCUT2D eigenvalue weighted by Gasteiger charge is 2.04. The molecule has 6 heteroatoms. The highest BCUT2D eigenvalue weighted by molar-refractivity contribution is 7.79. The highest BCUT2D eigenvalue weighted by Crippen LogP contribution is 2.16. The SMILES string of the molecule is SCc1nsc(OCc2ccco2)n1. The molecule has 0 aliphatic carbocycles. The molecule has 2 aromatic rings. The van der Waals surface area contributed by atoms with E-state index in [2.05, 4.69) is 22.0 Å². The van der Waals surface area contributed by atoms with E-state index in [4.69, 9.17) is 9.15 Å². The minimum absolute atomic E-state index is 0.383. The standard InChI is InChI=1S/C8H8N2O2S2/c13-5-7-9-8(14-10-7)12-4-6-2-1-3-11-6/h1-3,13H,4-5H2. The molecule has 0 bridgehead atoms. The summed E-state index contributed by atoms with van der Waals surface area (Å²) in [5.41, 5.74) is 0. The number of aromatic nitrogens is 2. The maximum Gasteiger partial charge on any atom is 0.293 e. The van der Waals surface area contributed by atoms with Gasteiger partial charge in [-0.1, -0.05) is 0 Å². The molecule has 0 spiro atoms. The van der Waals surface area contributed by atoms with E-state index in [0.717, 1.165) is 5.76 Å². The molecular formula is C8H8N2O2S2. The Morgan fingerprint density at radius 2 is 2.50 bits per heavy atom. The number of thiol groups is 1. The first-order valence-corrected chi connectivity index (χ1v) is 5.37. The number of hydrogen-bond donors (Lipinski definition) is 1. The van der Waals surface area contributed by atoms with Crippen LogP contribution in [0.25, 0.3) is 0 Å². The molecule has 0 saturated heterocycles. The fourth-order valence-corrected chi connectivity index (χ4v) is 1.67. The molecule has 0 saturated carbocycles. The molecule has 2 rings (SSSR count). The molecule has 0 fully saturated rings. The summed E-state index contributed by atoms with van der Waals surface area (Å²) < 4.78 is 14.5. The Balaban J connectivity index is 1.92. The molecule has 2 heterocycles. The van der Waals surface area contributed by atoms with E-state index in [-0.39, 0.29) is 0 Å². The molecule has 0 radical (unpaired) electrons. The van der Waals surface area contributed by atoms with E-state index < -0.39 is 0 Å². The predicted molar refractivity (Wildman–Crippen MR) is 55.6 cm³/mol. The predicted octanol–water partition coefficient (Wildman–Crippen LogP) is 2.14. The maximum absolute atomic E-state index is 5.35. The largest absolute Gasteiger partial charge is 0.466 e. The quantitative estimate of drug-likeness (QED) is 0.814. The van der Waals surface area contributed by atoms with Crippen LogP contribution in [0.1, 0.15) is 11.6 Å². The van der Waals surface area contributed by atoms with Crippen LogP contribution in [0.3, 0.4) is 0 Å². The number of ether oxygens (including phenoxy) is 1. The van der Waals surface area contributed by atoms with Crippen molar-refractivity contribution in [3.8, 4) is 5.19 Å². The van der Waals surface area contributed by atoms with Gasteiger partial charge in [0.15, 0.2) is 5.82 Å². The van der Waals surface area contributed by atoms with Crippen molar-refractivity contribution in [2.24, 2.45) is 0 Å². The summed E-state index contributed by atoms with van der Waals surface area (Å²) in [6.07, 6.45) is 1.61. The smallest absolute Gasteiger partial charge is 0.293 e. The Morgan fingerprint density at radius 3 is 3.14 bits per heavy atom. The zero-order chi connectivity index (χ0) is 9.80. The van der Waals surface area contributed by atoms with Crippen molar-refractivity contribution >= 4 is 24.2 Å². The lowest BCUT2D eigenvalue weighted by molar-refractivity contribution is 0.269. The van der Waals surface area contributed by atoms with Crippen molar-refractivity contribution in [2.75, 3.05) is 0 Å². The molecule has 0 aliphatic heterocycles. The molecular weight excluding hydrogens is 220 g/mol. The Bertz CT molecular complexity index is 386. The molecule has 2 aromatic heterocycles. The number of hydrogen-bond acceptors (Lipinski definition) is 6. The molecule has 4 nitrogen and oxygen atoms in total. The van der Waals surface area contributed by atoms with Gasteiger partial charge in [0.05, 0.1) is 12.0 Å².